The normalized spacial score (nSPS) is 19.7. The maximum atomic E-state index is 15.2. The van der Waals surface area contributed by atoms with Gasteiger partial charge in [-0.3, -0.25) is 0 Å². The van der Waals surface area contributed by atoms with Crippen molar-refractivity contribution < 1.29 is 26.3 Å². The minimum absolute atomic E-state index is 0.143. The van der Waals surface area contributed by atoms with Gasteiger partial charge in [-0.2, -0.15) is 13.2 Å². The van der Waals surface area contributed by atoms with Gasteiger partial charge in [0.15, 0.2) is 0 Å². The van der Waals surface area contributed by atoms with E-state index in [0.29, 0.717) is 23.4 Å². The van der Waals surface area contributed by atoms with Crippen molar-refractivity contribution in [3.8, 4) is 11.1 Å². The van der Waals surface area contributed by atoms with Crippen LogP contribution >= 0.6 is 0 Å². The summed E-state index contributed by atoms with van der Waals surface area (Å²) in [7, 11) is 0. The highest BCUT2D eigenvalue weighted by atomic mass is 19.4. The lowest BCUT2D eigenvalue weighted by molar-refractivity contribution is -0.142. The Morgan fingerprint density at radius 2 is 1.48 bits per heavy atom. The number of halogens is 6. The van der Waals surface area contributed by atoms with Gasteiger partial charge < -0.3 is 0 Å². The fourth-order valence-corrected chi connectivity index (χ4v) is 4.69. The van der Waals surface area contributed by atoms with Gasteiger partial charge in [0.25, 0.3) is 0 Å². The Kier molecular flexibility index (Phi) is 5.75. The topological polar surface area (TPSA) is 0 Å². The van der Waals surface area contributed by atoms with Gasteiger partial charge in [-0.05, 0) is 66.2 Å². The third kappa shape index (κ3) is 4.17. The molecule has 0 radical (unpaired) electrons. The molecule has 0 bridgehead atoms. The molecule has 0 aromatic heterocycles. The van der Waals surface area contributed by atoms with Crippen molar-refractivity contribution in [2.24, 2.45) is 5.92 Å². The molecule has 0 amide bonds. The van der Waals surface area contributed by atoms with Gasteiger partial charge in [0, 0.05) is 10.9 Å². The zero-order chi connectivity index (χ0) is 22.3. The van der Waals surface area contributed by atoms with Crippen molar-refractivity contribution in [2.75, 3.05) is 0 Å². The van der Waals surface area contributed by atoms with Crippen LogP contribution < -0.4 is 0 Å². The second-order valence-corrected chi connectivity index (χ2v) is 8.35. The summed E-state index contributed by atoms with van der Waals surface area (Å²) in [5, 5.41) is 0.924. The number of hydrogen-bond donors (Lipinski definition) is 0. The average molecular weight is 436 g/mol. The molecule has 0 saturated heterocycles. The van der Waals surface area contributed by atoms with E-state index < -0.39 is 29.2 Å². The summed E-state index contributed by atoms with van der Waals surface area (Å²) in [6.07, 6.45) is 0.559. The molecule has 0 spiro atoms. The number of fused-ring (bicyclic) bond motifs is 1. The predicted octanol–water partition coefficient (Wildman–Crippen LogP) is 8.63. The average Bonchev–Trinajstić information content (AvgIpc) is 2.72. The van der Waals surface area contributed by atoms with Gasteiger partial charge in [0.1, 0.15) is 23.0 Å². The molecule has 0 N–H and O–H groups in total. The van der Waals surface area contributed by atoms with Crippen LogP contribution in [0.2, 0.25) is 0 Å². The first kappa shape index (κ1) is 21.7. The molecule has 1 aliphatic rings. The van der Waals surface area contributed by atoms with Crippen LogP contribution in [0.15, 0.2) is 42.5 Å². The molecular formula is C25H22F6. The van der Waals surface area contributed by atoms with Crippen LogP contribution in [0.5, 0.6) is 0 Å². The number of benzene rings is 3. The smallest absolute Gasteiger partial charge is 0.206 e. The monoisotopic (exact) mass is 436 g/mol. The van der Waals surface area contributed by atoms with Crippen molar-refractivity contribution in [1.82, 2.24) is 0 Å². The first-order valence-corrected chi connectivity index (χ1v) is 10.5. The van der Waals surface area contributed by atoms with Crippen molar-refractivity contribution in [1.29, 1.82) is 0 Å². The fourth-order valence-electron chi connectivity index (χ4n) is 4.69. The van der Waals surface area contributed by atoms with Crippen LogP contribution in [-0.2, 0) is 6.18 Å². The standard InChI is InChI=1S/C25H22F6/c1-2-14-3-5-15(6-4-14)16-7-9-19-17(11-16)8-10-20(24(19)28)18-12-21(26)23(22(27)13-18)25(29,30)31/h7-15H,2-6H2,1H3/t14-,15-. The van der Waals surface area contributed by atoms with E-state index in [1.54, 1.807) is 12.1 Å². The van der Waals surface area contributed by atoms with Crippen molar-refractivity contribution in [3.05, 3.63) is 71.0 Å². The molecule has 0 aliphatic heterocycles. The minimum Gasteiger partial charge on any atom is -0.206 e. The summed E-state index contributed by atoms with van der Waals surface area (Å²) in [6, 6.07) is 9.51. The zero-order valence-electron chi connectivity index (χ0n) is 17.0. The summed E-state index contributed by atoms with van der Waals surface area (Å²) < 4.78 is 81.5. The van der Waals surface area contributed by atoms with E-state index in [1.807, 2.05) is 12.1 Å². The third-order valence-electron chi connectivity index (χ3n) is 6.51. The van der Waals surface area contributed by atoms with Gasteiger partial charge >= 0.3 is 6.18 Å². The Morgan fingerprint density at radius 1 is 0.839 bits per heavy atom. The summed E-state index contributed by atoms with van der Waals surface area (Å²) in [6.45, 7) is 2.20. The third-order valence-corrected chi connectivity index (χ3v) is 6.51. The van der Waals surface area contributed by atoms with Gasteiger partial charge in [0.2, 0.25) is 0 Å². The van der Waals surface area contributed by atoms with E-state index in [1.165, 1.54) is 25.3 Å². The largest absolute Gasteiger partial charge is 0.422 e. The first-order valence-electron chi connectivity index (χ1n) is 10.5. The van der Waals surface area contributed by atoms with Crippen molar-refractivity contribution >= 4 is 10.8 Å². The maximum absolute atomic E-state index is 15.2. The van der Waals surface area contributed by atoms with E-state index in [4.69, 9.17) is 0 Å². The molecule has 0 unspecified atom stereocenters. The molecule has 1 aliphatic carbocycles. The van der Waals surface area contributed by atoms with Gasteiger partial charge in [-0.25, -0.2) is 13.2 Å². The Labute approximate surface area is 176 Å². The minimum atomic E-state index is -5.17. The molecule has 0 atom stereocenters. The molecule has 3 aromatic rings. The van der Waals surface area contributed by atoms with Crippen molar-refractivity contribution in [2.45, 2.75) is 51.1 Å². The van der Waals surface area contributed by atoms with Crippen LogP contribution in [0, 0.1) is 23.4 Å². The SMILES string of the molecule is CC[C@H]1CC[C@H](c2ccc3c(F)c(-c4cc(F)c(C(F)(F)F)c(F)c4)ccc3c2)CC1. The number of rotatable bonds is 3. The number of hydrogen-bond acceptors (Lipinski definition) is 0. The van der Waals surface area contributed by atoms with Gasteiger partial charge in [-0.1, -0.05) is 43.7 Å². The molecule has 1 fully saturated rings. The van der Waals surface area contributed by atoms with Gasteiger partial charge in [-0.15, -0.1) is 0 Å². The van der Waals surface area contributed by atoms with E-state index in [2.05, 4.69) is 6.92 Å². The Bertz CT molecular complexity index is 1080. The second-order valence-electron chi connectivity index (χ2n) is 8.35. The van der Waals surface area contributed by atoms with Crippen molar-refractivity contribution in [3.63, 3.8) is 0 Å². The van der Waals surface area contributed by atoms with Crippen LogP contribution in [0.3, 0.4) is 0 Å². The second kappa shape index (κ2) is 8.21. The highest BCUT2D eigenvalue weighted by Crippen LogP contribution is 2.40. The summed E-state index contributed by atoms with van der Waals surface area (Å²) in [5.41, 5.74) is -1.25. The summed E-state index contributed by atoms with van der Waals surface area (Å²) in [4.78, 5) is 0. The Balaban J connectivity index is 1.69. The Morgan fingerprint density at radius 3 is 2.06 bits per heavy atom. The van der Waals surface area contributed by atoms with E-state index >= 15 is 4.39 Å². The van der Waals surface area contributed by atoms with Crippen LogP contribution in [0.1, 0.15) is 56.1 Å². The molecule has 164 valence electrons. The highest BCUT2D eigenvalue weighted by molar-refractivity contribution is 5.89. The molecule has 4 rings (SSSR count). The molecular weight excluding hydrogens is 414 g/mol. The quantitative estimate of drug-likeness (QED) is 0.361. The Hall–Kier alpha value is -2.50. The molecule has 31 heavy (non-hydrogen) atoms. The highest BCUT2D eigenvalue weighted by Gasteiger charge is 2.38. The first-order chi connectivity index (χ1) is 14.7. The summed E-state index contributed by atoms with van der Waals surface area (Å²) in [5.74, 6) is -3.05. The number of alkyl halides is 3. The van der Waals surface area contributed by atoms with Crippen LogP contribution in [0.4, 0.5) is 26.3 Å². The van der Waals surface area contributed by atoms with E-state index in [9.17, 15) is 22.0 Å². The fraction of sp³-hybridized carbons (Fsp3) is 0.360. The lowest BCUT2D eigenvalue weighted by atomic mass is 9.77. The van der Waals surface area contributed by atoms with Crippen LogP contribution in [0.25, 0.3) is 21.9 Å². The van der Waals surface area contributed by atoms with Crippen LogP contribution in [-0.4, -0.2) is 0 Å². The summed E-state index contributed by atoms with van der Waals surface area (Å²) >= 11 is 0. The molecule has 0 heterocycles. The molecule has 3 aromatic carbocycles. The molecule has 6 heteroatoms. The lowest BCUT2D eigenvalue weighted by Crippen LogP contribution is -2.12. The zero-order valence-corrected chi connectivity index (χ0v) is 17.0. The maximum Gasteiger partial charge on any atom is 0.422 e. The molecule has 0 nitrogen and oxygen atoms in total. The molecule has 1 saturated carbocycles. The predicted molar refractivity (Wildman–Crippen MR) is 109 cm³/mol. The van der Waals surface area contributed by atoms with E-state index in [0.717, 1.165) is 24.3 Å². The van der Waals surface area contributed by atoms with Gasteiger partial charge in [0.05, 0.1) is 0 Å². The van der Waals surface area contributed by atoms with E-state index in [-0.39, 0.29) is 16.5 Å². The lowest BCUT2D eigenvalue weighted by Gasteiger charge is -2.28.